The molecule has 5 nitrogen and oxygen atoms in total. The Labute approximate surface area is 168 Å². The molecular formula is C21H22FN3O2S. The van der Waals surface area contributed by atoms with Gasteiger partial charge in [-0.3, -0.25) is 14.5 Å². The molecule has 1 heterocycles. The molecule has 1 aliphatic rings. The van der Waals surface area contributed by atoms with E-state index < -0.39 is 5.25 Å². The van der Waals surface area contributed by atoms with Crippen molar-refractivity contribution in [2.24, 2.45) is 4.99 Å². The maximum Gasteiger partial charge on any atom is 0.242 e. The smallest absolute Gasteiger partial charge is 0.242 e. The van der Waals surface area contributed by atoms with Crippen LogP contribution in [-0.2, 0) is 9.59 Å². The number of halogens is 1. The number of carbonyl (C=O) groups excluding carboxylic acids is 2. The number of hydrogen-bond acceptors (Lipinski definition) is 4. The molecule has 2 aromatic carbocycles. The fourth-order valence-electron chi connectivity index (χ4n) is 2.77. The summed E-state index contributed by atoms with van der Waals surface area (Å²) in [7, 11) is 0. The van der Waals surface area contributed by atoms with E-state index in [4.69, 9.17) is 0 Å². The number of nitrogens with one attached hydrogen (secondary N) is 1. The second-order valence-electron chi connectivity index (χ2n) is 6.44. The van der Waals surface area contributed by atoms with E-state index >= 15 is 0 Å². The zero-order valence-electron chi connectivity index (χ0n) is 15.6. The van der Waals surface area contributed by atoms with Crippen LogP contribution >= 0.6 is 11.8 Å². The van der Waals surface area contributed by atoms with Crippen LogP contribution in [0.5, 0.6) is 0 Å². The number of aliphatic imine (C=N–C) groups is 1. The highest BCUT2D eigenvalue weighted by atomic mass is 32.2. The second kappa shape index (κ2) is 9.50. The van der Waals surface area contributed by atoms with Crippen LogP contribution in [0.1, 0.15) is 26.2 Å². The molecule has 0 aliphatic carbocycles. The molecule has 2 aromatic rings. The molecule has 0 aromatic heterocycles. The number of carbonyl (C=O) groups is 2. The van der Waals surface area contributed by atoms with Crippen LogP contribution < -0.4 is 5.32 Å². The van der Waals surface area contributed by atoms with Crippen molar-refractivity contribution in [1.29, 1.82) is 0 Å². The topological polar surface area (TPSA) is 61.8 Å². The van der Waals surface area contributed by atoms with Gasteiger partial charge in [0, 0.05) is 18.7 Å². The summed E-state index contributed by atoms with van der Waals surface area (Å²) in [5.74, 6) is -0.746. The minimum atomic E-state index is -0.514. The van der Waals surface area contributed by atoms with Crippen LogP contribution in [-0.4, -0.2) is 33.7 Å². The number of unbranched alkanes of at least 4 members (excludes halogenated alkanes) is 1. The van der Waals surface area contributed by atoms with Crippen molar-refractivity contribution in [3.8, 4) is 0 Å². The number of hydrogen-bond donors (Lipinski definition) is 1. The molecule has 1 N–H and O–H groups in total. The Bertz CT molecular complexity index is 856. The molecule has 1 saturated heterocycles. The van der Waals surface area contributed by atoms with E-state index in [1.807, 2.05) is 30.3 Å². The molecule has 0 bridgehead atoms. The molecule has 0 unspecified atom stereocenters. The summed E-state index contributed by atoms with van der Waals surface area (Å²) < 4.78 is 13.0. The van der Waals surface area contributed by atoms with Crippen molar-refractivity contribution in [3.63, 3.8) is 0 Å². The fraction of sp³-hybridized carbons (Fsp3) is 0.286. The Morgan fingerprint density at radius 3 is 2.57 bits per heavy atom. The van der Waals surface area contributed by atoms with E-state index in [2.05, 4.69) is 17.2 Å². The van der Waals surface area contributed by atoms with Gasteiger partial charge in [-0.25, -0.2) is 9.38 Å². The minimum Gasteiger partial charge on any atom is -0.326 e. The third-order valence-corrected chi connectivity index (χ3v) is 5.41. The van der Waals surface area contributed by atoms with Gasteiger partial charge < -0.3 is 5.32 Å². The summed E-state index contributed by atoms with van der Waals surface area (Å²) in [4.78, 5) is 31.5. The van der Waals surface area contributed by atoms with Crippen LogP contribution in [0.2, 0.25) is 0 Å². The van der Waals surface area contributed by atoms with E-state index in [-0.39, 0.29) is 24.1 Å². The highest BCUT2D eigenvalue weighted by Gasteiger charge is 2.38. The van der Waals surface area contributed by atoms with Gasteiger partial charge in [-0.05, 0) is 42.8 Å². The maximum atomic E-state index is 13.0. The summed E-state index contributed by atoms with van der Waals surface area (Å²) in [6, 6.07) is 15.0. The fourth-order valence-corrected chi connectivity index (χ4v) is 3.96. The standard InChI is InChI=1S/C21H22FN3O2S/c1-2-3-13-25-20(27)18(28-21(25)24-16-7-5-4-6-8-16)14-19(26)23-17-11-9-15(22)10-12-17/h4-12,18H,2-3,13-14H2,1H3,(H,23,26)/t18-/m1/s1. The number of para-hydroxylation sites is 1. The average Bonchev–Trinajstić information content (AvgIpc) is 2.97. The lowest BCUT2D eigenvalue weighted by Crippen LogP contribution is -2.34. The monoisotopic (exact) mass is 399 g/mol. The summed E-state index contributed by atoms with van der Waals surface area (Å²) in [5.41, 5.74) is 1.28. The molecule has 0 spiro atoms. The van der Waals surface area contributed by atoms with Crippen molar-refractivity contribution in [3.05, 3.63) is 60.4 Å². The zero-order chi connectivity index (χ0) is 19.9. The Balaban J connectivity index is 1.70. The van der Waals surface area contributed by atoms with Gasteiger partial charge in [0.05, 0.1) is 5.69 Å². The van der Waals surface area contributed by atoms with Crippen LogP contribution in [0.4, 0.5) is 15.8 Å². The number of nitrogens with zero attached hydrogens (tertiary/aromatic N) is 2. The largest absolute Gasteiger partial charge is 0.326 e. The Kier molecular flexibility index (Phi) is 6.81. The van der Waals surface area contributed by atoms with E-state index in [0.29, 0.717) is 17.4 Å². The first-order chi connectivity index (χ1) is 13.6. The molecule has 2 amide bonds. The van der Waals surface area contributed by atoms with Gasteiger partial charge in [0.1, 0.15) is 11.1 Å². The maximum absolute atomic E-state index is 13.0. The quantitative estimate of drug-likeness (QED) is 0.741. The summed E-state index contributed by atoms with van der Waals surface area (Å²) in [6.07, 6.45) is 1.87. The summed E-state index contributed by atoms with van der Waals surface area (Å²) >= 11 is 1.32. The van der Waals surface area contributed by atoms with Gasteiger partial charge >= 0.3 is 0 Å². The molecule has 1 aliphatic heterocycles. The zero-order valence-corrected chi connectivity index (χ0v) is 16.4. The number of benzene rings is 2. The lowest BCUT2D eigenvalue weighted by atomic mass is 10.2. The molecule has 0 saturated carbocycles. The van der Waals surface area contributed by atoms with Gasteiger partial charge in [-0.15, -0.1) is 0 Å². The third-order valence-electron chi connectivity index (χ3n) is 4.24. The van der Waals surface area contributed by atoms with Gasteiger partial charge in [0.15, 0.2) is 5.17 Å². The Morgan fingerprint density at radius 1 is 1.18 bits per heavy atom. The van der Waals surface area contributed by atoms with Crippen LogP contribution in [0.3, 0.4) is 0 Å². The molecule has 0 radical (unpaired) electrons. The molecule has 7 heteroatoms. The Morgan fingerprint density at radius 2 is 1.89 bits per heavy atom. The highest BCUT2D eigenvalue weighted by Crippen LogP contribution is 2.32. The van der Waals surface area contributed by atoms with Gasteiger partial charge in [-0.1, -0.05) is 43.3 Å². The highest BCUT2D eigenvalue weighted by molar-refractivity contribution is 8.15. The number of amidine groups is 1. The number of thioether (sulfide) groups is 1. The van der Waals surface area contributed by atoms with E-state index in [1.54, 1.807) is 4.90 Å². The molecular weight excluding hydrogens is 377 g/mol. The van der Waals surface area contributed by atoms with Crippen LogP contribution in [0.25, 0.3) is 0 Å². The van der Waals surface area contributed by atoms with Crippen molar-refractivity contribution in [2.75, 3.05) is 11.9 Å². The van der Waals surface area contributed by atoms with Crippen molar-refractivity contribution >= 4 is 40.1 Å². The van der Waals surface area contributed by atoms with E-state index in [1.165, 1.54) is 36.0 Å². The molecule has 1 atom stereocenters. The lowest BCUT2D eigenvalue weighted by molar-refractivity contribution is -0.128. The minimum absolute atomic E-state index is 0.0390. The second-order valence-corrected chi connectivity index (χ2v) is 7.61. The van der Waals surface area contributed by atoms with Crippen molar-refractivity contribution in [1.82, 2.24) is 4.90 Å². The van der Waals surface area contributed by atoms with Crippen molar-refractivity contribution in [2.45, 2.75) is 31.4 Å². The molecule has 28 heavy (non-hydrogen) atoms. The first-order valence-electron chi connectivity index (χ1n) is 9.24. The SMILES string of the molecule is CCCCN1C(=O)[C@@H](CC(=O)Nc2ccc(F)cc2)SC1=Nc1ccccc1. The van der Waals surface area contributed by atoms with Gasteiger partial charge in [0.25, 0.3) is 0 Å². The van der Waals surface area contributed by atoms with Crippen LogP contribution in [0.15, 0.2) is 59.6 Å². The molecule has 1 fully saturated rings. The van der Waals surface area contributed by atoms with E-state index in [9.17, 15) is 14.0 Å². The third kappa shape index (κ3) is 5.19. The van der Waals surface area contributed by atoms with E-state index in [0.717, 1.165) is 18.5 Å². The summed E-state index contributed by atoms with van der Waals surface area (Å²) in [5, 5.41) is 2.82. The predicted octanol–water partition coefficient (Wildman–Crippen LogP) is 4.59. The lowest BCUT2D eigenvalue weighted by Gasteiger charge is -2.15. The Hall–Kier alpha value is -2.67. The normalized spacial score (nSPS) is 17.9. The van der Waals surface area contributed by atoms with Crippen LogP contribution in [0, 0.1) is 5.82 Å². The number of rotatable bonds is 7. The van der Waals surface area contributed by atoms with Crippen molar-refractivity contribution < 1.29 is 14.0 Å². The molecule has 146 valence electrons. The number of anilines is 1. The average molecular weight is 399 g/mol. The summed E-state index contributed by atoms with van der Waals surface area (Å²) in [6.45, 7) is 2.65. The molecule has 3 rings (SSSR count). The first kappa shape index (κ1) is 20.1. The van der Waals surface area contributed by atoms with Gasteiger partial charge in [0.2, 0.25) is 11.8 Å². The first-order valence-corrected chi connectivity index (χ1v) is 10.1. The number of amides is 2. The predicted molar refractivity (Wildman–Crippen MR) is 111 cm³/mol. The van der Waals surface area contributed by atoms with Gasteiger partial charge in [-0.2, -0.15) is 0 Å².